The Labute approximate surface area is 205 Å². The third-order valence-corrected chi connectivity index (χ3v) is 6.54. The lowest BCUT2D eigenvalue weighted by molar-refractivity contribution is -0.122. The summed E-state index contributed by atoms with van der Waals surface area (Å²) in [5.41, 5.74) is 4.91. The number of methoxy groups -OCH3 is 1. The number of carbonyl (C=O) groups is 3. The molecule has 2 heterocycles. The minimum Gasteiger partial charge on any atom is -0.497 e. The monoisotopic (exact) mass is 471 g/mol. The average Bonchev–Trinajstić information content (AvgIpc) is 3.14. The van der Waals surface area contributed by atoms with Crippen LogP contribution in [0.2, 0.25) is 0 Å². The predicted molar refractivity (Wildman–Crippen MR) is 136 cm³/mol. The molecule has 1 aromatic heterocycles. The highest BCUT2D eigenvalue weighted by Gasteiger charge is 2.37. The molecule has 35 heavy (non-hydrogen) atoms. The van der Waals surface area contributed by atoms with Gasteiger partial charge in [-0.2, -0.15) is 0 Å². The third-order valence-electron chi connectivity index (χ3n) is 6.54. The topological polar surface area (TPSA) is 80.6 Å². The predicted octanol–water partition coefficient (Wildman–Crippen LogP) is 5.28. The largest absolute Gasteiger partial charge is 0.497 e. The third kappa shape index (κ3) is 4.49. The maximum absolute atomic E-state index is 13.3. The molecule has 4 rings (SSSR count). The van der Waals surface area contributed by atoms with E-state index in [4.69, 9.17) is 4.74 Å². The van der Waals surface area contributed by atoms with Gasteiger partial charge in [-0.15, -0.1) is 0 Å². The lowest BCUT2D eigenvalue weighted by Crippen LogP contribution is -2.54. The van der Waals surface area contributed by atoms with Gasteiger partial charge in [0.2, 0.25) is 0 Å². The Morgan fingerprint density at radius 2 is 1.60 bits per heavy atom. The van der Waals surface area contributed by atoms with Gasteiger partial charge < -0.3 is 9.30 Å². The number of urea groups is 1. The normalized spacial score (nSPS) is 16.0. The Morgan fingerprint density at radius 3 is 2.20 bits per heavy atom. The van der Waals surface area contributed by atoms with Gasteiger partial charge in [-0.05, 0) is 85.9 Å². The fourth-order valence-corrected chi connectivity index (χ4v) is 4.30. The molecule has 3 aromatic rings. The zero-order chi connectivity index (χ0) is 25.3. The van der Waals surface area contributed by atoms with Gasteiger partial charge in [-0.25, -0.2) is 9.69 Å². The van der Waals surface area contributed by atoms with Crippen LogP contribution < -0.4 is 15.0 Å². The van der Waals surface area contributed by atoms with Crippen molar-refractivity contribution in [1.82, 2.24) is 9.88 Å². The molecule has 7 heteroatoms. The van der Waals surface area contributed by atoms with E-state index in [9.17, 15) is 14.4 Å². The van der Waals surface area contributed by atoms with Gasteiger partial charge in [-0.1, -0.05) is 26.0 Å². The molecular weight excluding hydrogens is 442 g/mol. The molecule has 1 fully saturated rings. The quantitative estimate of drug-likeness (QED) is 0.392. The Hall–Kier alpha value is -4.13. The first-order valence-electron chi connectivity index (χ1n) is 11.6. The van der Waals surface area contributed by atoms with Crippen molar-refractivity contribution in [2.24, 2.45) is 0 Å². The maximum Gasteiger partial charge on any atom is 0.335 e. The van der Waals surface area contributed by atoms with Crippen molar-refractivity contribution in [1.29, 1.82) is 0 Å². The van der Waals surface area contributed by atoms with Crippen LogP contribution in [0.3, 0.4) is 0 Å². The molecule has 180 valence electrons. The highest BCUT2D eigenvalue weighted by Crippen LogP contribution is 2.28. The number of nitrogens with one attached hydrogen (secondary N) is 1. The van der Waals surface area contributed by atoms with Crippen molar-refractivity contribution in [3.63, 3.8) is 0 Å². The molecule has 0 bridgehead atoms. The van der Waals surface area contributed by atoms with Crippen LogP contribution in [0.4, 0.5) is 10.5 Å². The molecule has 1 saturated heterocycles. The Bertz CT molecular complexity index is 1320. The second-order valence-electron chi connectivity index (χ2n) is 8.72. The number of aromatic nitrogens is 1. The molecule has 4 amide bonds. The maximum atomic E-state index is 13.3. The number of benzene rings is 2. The summed E-state index contributed by atoms with van der Waals surface area (Å²) in [7, 11) is 1.62. The summed E-state index contributed by atoms with van der Waals surface area (Å²) < 4.78 is 7.28. The number of imide groups is 2. The van der Waals surface area contributed by atoms with E-state index >= 15 is 0 Å². The number of hydrogen-bond donors (Lipinski definition) is 1. The molecule has 2 aromatic carbocycles. The fourth-order valence-electron chi connectivity index (χ4n) is 4.30. The SMILES string of the molecule is CC[C@@H](C)c1ccc(N2C(=O)NC(=O)/C(=C\c3cc(C)n(-c4ccc(OC)cc4)c3C)C2=O)cc1. The zero-order valence-corrected chi connectivity index (χ0v) is 20.6. The summed E-state index contributed by atoms with van der Waals surface area (Å²) in [5.74, 6) is -0.232. The minimum atomic E-state index is -0.753. The molecule has 1 atom stereocenters. The highest BCUT2D eigenvalue weighted by atomic mass is 16.5. The summed E-state index contributed by atoms with van der Waals surface area (Å²) in [4.78, 5) is 39.6. The van der Waals surface area contributed by atoms with Crippen LogP contribution >= 0.6 is 0 Å². The molecule has 1 aliphatic heterocycles. The molecule has 0 saturated carbocycles. The van der Waals surface area contributed by atoms with Gasteiger partial charge in [0.05, 0.1) is 12.8 Å². The zero-order valence-electron chi connectivity index (χ0n) is 20.6. The number of carbonyl (C=O) groups excluding carboxylic acids is 3. The van der Waals surface area contributed by atoms with Crippen molar-refractivity contribution < 1.29 is 19.1 Å². The first-order valence-corrected chi connectivity index (χ1v) is 11.6. The van der Waals surface area contributed by atoms with E-state index in [0.29, 0.717) is 11.6 Å². The van der Waals surface area contributed by atoms with Gasteiger partial charge in [0.15, 0.2) is 0 Å². The van der Waals surface area contributed by atoms with Crippen LogP contribution in [0, 0.1) is 13.8 Å². The van der Waals surface area contributed by atoms with Crippen LogP contribution in [0.5, 0.6) is 5.75 Å². The summed E-state index contributed by atoms with van der Waals surface area (Å²) in [6, 6.07) is 16.1. The van der Waals surface area contributed by atoms with E-state index in [2.05, 4.69) is 19.2 Å². The Morgan fingerprint density at radius 1 is 0.971 bits per heavy atom. The molecule has 1 N–H and O–H groups in total. The van der Waals surface area contributed by atoms with E-state index in [1.807, 2.05) is 60.9 Å². The van der Waals surface area contributed by atoms with Crippen LogP contribution in [0.1, 0.15) is 48.7 Å². The van der Waals surface area contributed by atoms with Gasteiger partial charge in [0, 0.05) is 17.1 Å². The lowest BCUT2D eigenvalue weighted by Gasteiger charge is -2.26. The highest BCUT2D eigenvalue weighted by molar-refractivity contribution is 6.39. The molecule has 1 aliphatic rings. The number of barbiturate groups is 1. The van der Waals surface area contributed by atoms with Crippen LogP contribution in [-0.2, 0) is 9.59 Å². The molecule has 7 nitrogen and oxygen atoms in total. The number of amides is 4. The number of ether oxygens (including phenoxy) is 1. The van der Waals surface area contributed by atoms with Crippen LogP contribution in [0.25, 0.3) is 11.8 Å². The standard InChI is InChI=1S/C28H29N3O4/c1-6-17(2)20-7-9-23(10-8-20)31-27(33)25(26(32)29-28(31)34)16-21-15-18(3)30(19(21)4)22-11-13-24(35-5)14-12-22/h7-17H,6H2,1-5H3,(H,29,32,34)/b25-16+/t17-/m1/s1. The van der Waals surface area contributed by atoms with Gasteiger partial charge in [0.1, 0.15) is 11.3 Å². The number of rotatable bonds is 6. The summed E-state index contributed by atoms with van der Waals surface area (Å²) in [5, 5.41) is 2.30. The lowest BCUT2D eigenvalue weighted by atomic mass is 9.98. The summed E-state index contributed by atoms with van der Waals surface area (Å²) >= 11 is 0. The van der Waals surface area contributed by atoms with E-state index in [1.54, 1.807) is 25.3 Å². The van der Waals surface area contributed by atoms with Crippen LogP contribution in [-0.4, -0.2) is 29.5 Å². The van der Waals surface area contributed by atoms with Gasteiger partial charge in [0.25, 0.3) is 11.8 Å². The first-order chi connectivity index (χ1) is 16.7. The minimum absolute atomic E-state index is 0.0921. The van der Waals surface area contributed by atoms with Crippen molar-refractivity contribution in [2.45, 2.75) is 40.0 Å². The fraction of sp³-hybridized carbons (Fsp3) is 0.250. The second-order valence-corrected chi connectivity index (χ2v) is 8.72. The van der Waals surface area contributed by atoms with Crippen molar-refractivity contribution in [2.75, 3.05) is 12.0 Å². The number of anilines is 1. The molecule has 0 aliphatic carbocycles. The first kappa shape index (κ1) is 24.0. The Balaban J connectivity index is 1.69. The van der Waals surface area contributed by atoms with Crippen molar-refractivity contribution >= 4 is 29.6 Å². The Kier molecular flexibility index (Phi) is 6.60. The average molecular weight is 472 g/mol. The van der Waals surface area contributed by atoms with Gasteiger partial charge in [-0.3, -0.25) is 14.9 Å². The van der Waals surface area contributed by atoms with Crippen LogP contribution in [0.15, 0.2) is 60.2 Å². The molecule has 0 radical (unpaired) electrons. The van der Waals surface area contributed by atoms with Crippen molar-refractivity contribution in [3.05, 3.63) is 82.7 Å². The molecule has 0 spiro atoms. The number of hydrogen-bond acceptors (Lipinski definition) is 4. The molecule has 0 unspecified atom stereocenters. The number of aryl methyl sites for hydroxylation is 1. The summed E-state index contributed by atoms with van der Waals surface area (Å²) in [6.07, 6.45) is 2.53. The summed E-state index contributed by atoms with van der Waals surface area (Å²) in [6.45, 7) is 8.10. The van der Waals surface area contributed by atoms with E-state index < -0.39 is 17.8 Å². The van der Waals surface area contributed by atoms with E-state index in [-0.39, 0.29) is 5.57 Å². The smallest absolute Gasteiger partial charge is 0.335 e. The number of nitrogens with zero attached hydrogens (tertiary/aromatic N) is 2. The second kappa shape index (κ2) is 9.62. The van der Waals surface area contributed by atoms with Gasteiger partial charge >= 0.3 is 6.03 Å². The van der Waals surface area contributed by atoms with E-state index in [1.165, 1.54) is 0 Å². The van der Waals surface area contributed by atoms with E-state index in [0.717, 1.165) is 45.3 Å². The molecular formula is C28H29N3O4. The van der Waals surface area contributed by atoms with Crippen molar-refractivity contribution in [3.8, 4) is 11.4 Å².